The second-order valence-electron chi connectivity index (χ2n) is 2.94. The van der Waals surface area contributed by atoms with Crippen molar-refractivity contribution in [1.29, 1.82) is 0 Å². The Kier molecular flexibility index (Phi) is 2.51. The first-order chi connectivity index (χ1) is 7.16. The molecule has 2 aromatic rings. The smallest absolute Gasteiger partial charge is 0.221 e. The van der Waals surface area contributed by atoms with Crippen LogP contribution in [0.1, 0.15) is 0 Å². The van der Waals surface area contributed by atoms with Gasteiger partial charge in [-0.15, -0.1) is 0 Å². The van der Waals surface area contributed by atoms with Crippen molar-refractivity contribution >= 4 is 17.5 Å². The Morgan fingerprint density at radius 2 is 2.13 bits per heavy atom. The molecule has 0 unspecified atom stereocenters. The molecule has 0 bridgehead atoms. The molecular weight excluding hydrogens is 217 g/mol. The predicted octanol–water partition coefficient (Wildman–Crippen LogP) is 2.52. The highest BCUT2D eigenvalue weighted by Gasteiger charge is 2.06. The quantitative estimate of drug-likeness (QED) is 0.756. The van der Waals surface area contributed by atoms with E-state index in [4.69, 9.17) is 17.3 Å². The minimum Gasteiger partial charge on any atom is -0.368 e. The van der Waals surface area contributed by atoms with Crippen LogP contribution in [-0.2, 0) is 0 Å². The van der Waals surface area contributed by atoms with Gasteiger partial charge in [-0.1, -0.05) is 23.7 Å². The number of nitrogens with zero attached hydrogens (tertiary/aromatic N) is 2. The van der Waals surface area contributed by atoms with Crippen LogP contribution in [0.25, 0.3) is 11.1 Å². The Balaban J connectivity index is 2.54. The standard InChI is InChI=1S/C10H7ClFN3/c11-9-8(5-14-10(13)15-9)6-2-1-3-7(12)4-6/h1-5H,(H2,13,14,15). The van der Waals surface area contributed by atoms with E-state index >= 15 is 0 Å². The SMILES string of the molecule is Nc1ncc(-c2cccc(F)c2)c(Cl)n1. The summed E-state index contributed by atoms with van der Waals surface area (Å²) in [4.78, 5) is 7.60. The summed E-state index contributed by atoms with van der Waals surface area (Å²) in [6, 6.07) is 6.04. The number of rotatable bonds is 1. The lowest BCUT2D eigenvalue weighted by Gasteiger charge is -2.03. The molecule has 1 aromatic heterocycles. The number of aromatic nitrogens is 2. The average Bonchev–Trinajstić information content (AvgIpc) is 2.17. The van der Waals surface area contributed by atoms with Crippen LogP contribution in [0.2, 0.25) is 5.15 Å². The number of benzene rings is 1. The molecule has 0 aliphatic carbocycles. The maximum absolute atomic E-state index is 13.0. The normalized spacial score (nSPS) is 10.3. The van der Waals surface area contributed by atoms with Gasteiger partial charge < -0.3 is 5.73 Å². The van der Waals surface area contributed by atoms with Crippen LogP contribution in [0, 0.1) is 5.82 Å². The lowest BCUT2D eigenvalue weighted by molar-refractivity contribution is 0.628. The number of hydrogen-bond donors (Lipinski definition) is 1. The van der Waals surface area contributed by atoms with Crippen LogP contribution in [0.3, 0.4) is 0 Å². The molecule has 15 heavy (non-hydrogen) atoms. The highest BCUT2D eigenvalue weighted by atomic mass is 35.5. The van der Waals surface area contributed by atoms with Crippen LogP contribution < -0.4 is 5.73 Å². The summed E-state index contributed by atoms with van der Waals surface area (Å²) in [6.07, 6.45) is 1.47. The number of nitrogens with two attached hydrogens (primary N) is 1. The third-order valence-corrected chi connectivity index (χ3v) is 2.18. The molecule has 76 valence electrons. The third-order valence-electron chi connectivity index (χ3n) is 1.90. The summed E-state index contributed by atoms with van der Waals surface area (Å²) in [5.41, 5.74) is 6.54. The third kappa shape index (κ3) is 2.05. The summed E-state index contributed by atoms with van der Waals surface area (Å²) in [6.45, 7) is 0. The summed E-state index contributed by atoms with van der Waals surface area (Å²) >= 11 is 5.86. The molecule has 0 atom stereocenters. The van der Waals surface area contributed by atoms with Gasteiger partial charge in [0, 0.05) is 11.8 Å². The number of anilines is 1. The van der Waals surface area contributed by atoms with Crippen molar-refractivity contribution < 1.29 is 4.39 Å². The zero-order valence-electron chi connectivity index (χ0n) is 7.61. The molecule has 2 N–H and O–H groups in total. The van der Waals surface area contributed by atoms with Crippen molar-refractivity contribution in [2.45, 2.75) is 0 Å². The molecule has 0 aliphatic heterocycles. The van der Waals surface area contributed by atoms with E-state index in [2.05, 4.69) is 9.97 Å². The van der Waals surface area contributed by atoms with Crippen molar-refractivity contribution in [1.82, 2.24) is 9.97 Å². The van der Waals surface area contributed by atoms with E-state index < -0.39 is 0 Å². The highest BCUT2D eigenvalue weighted by molar-refractivity contribution is 6.32. The van der Waals surface area contributed by atoms with Gasteiger partial charge in [0.25, 0.3) is 0 Å². The second-order valence-corrected chi connectivity index (χ2v) is 3.30. The summed E-state index contributed by atoms with van der Waals surface area (Å²) < 4.78 is 13.0. The topological polar surface area (TPSA) is 51.8 Å². The van der Waals surface area contributed by atoms with Crippen molar-refractivity contribution in [2.75, 3.05) is 5.73 Å². The van der Waals surface area contributed by atoms with Crippen molar-refractivity contribution in [3.63, 3.8) is 0 Å². The number of halogens is 2. The molecule has 0 saturated carbocycles. The Hall–Kier alpha value is -1.68. The van der Waals surface area contributed by atoms with E-state index in [-0.39, 0.29) is 16.9 Å². The zero-order valence-corrected chi connectivity index (χ0v) is 8.37. The molecule has 0 aliphatic rings. The highest BCUT2D eigenvalue weighted by Crippen LogP contribution is 2.26. The van der Waals surface area contributed by atoms with E-state index in [0.717, 1.165) is 0 Å². The molecule has 0 amide bonds. The maximum Gasteiger partial charge on any atom is 0.221 e. The zero-order chi connectivity index (χ0) is 10.8. The van der Waals surface area contributed by atoms with Gasteiger partial charge in [0.1, 0.15) is 11.0 Å². The average molecular weight is 224 g/mol. The molecule has 0 spiro atoms. The minimum absolute atomic E-state index is 0.0974. The van der Waals surface area contributed by atoms with Gasteiger partial charge in [-0.3, -0.25) is 0 Å². The largest absolute Gasteiger partial charge is 0.368 e. The second kappa shape index (κ2) is 3.82. The fourth-order valence-corrected chi connectivity index (χ4v) is 1.47. The molecular formula is C10H7ClFN3. The van der Waals surface area contributed by atoms with E-state index in [0.29, 0.717) is 11.1 Å². The Morgan fingerprint density at radius 3 is 2.80 bits per heavy atom. The maximum atomic E-state index is 13.0. The first kappa shape index (κ1) is 9.86. The lowest BCUT2D eigenvalue weighted by Crippen LogP contribution is -1.95. The monoisotopic (exact) mass is 223 g/mol. The first-order valence-electron chi connectivity index (χ1n) is 4.21. The van der Waals surface area contributed by atoms with Gasteiger partial charge in [-0.25, -0.2) is 14.4 Å². The van der Waals surface area contributed by atoms with Gasteiger partial charge in [0.2, 0.25) is 5.95 Å². The van der Waals surface area contributed by atoms with Gasteiger partial charge in [-0.05, 0) is 17.7 Å². The van der Waals surface area contributed by atoms with Crippen molar-refractivity contribution in [3.8, 4) is 11.1 Å². The molecule has 3 nitrogen and oxygen atoms in total. The minimum atomic E-state index is -0.333. The van der Waals surface area contributed by atoms with E-state index in [1.807, 2.05) is 0 Å². The fraction of sp³-hybridized carbons (Fsp3) is 0. The lowest BCUT2D eigenvalue weighted by atomic mass is 10.1. The molecule has 0 fully saturated rings. The van der Waals surface area contributed by atoms with E-state index in [1.165, 1.54) is 18.3 Å². The Labute approximate surface area is 90.7 Å². The van der Waals surface area contributed by atoms with Crippen LogP contribution in [0.5, 0.6) is 0 Å². The number of nitrogen functional groups attached to an aromatic ring is 1. The number of hydrogen-bond acceptors (Lipinski definition) is 3. The van der Waals surface area contributed by atoms with Gasteiger partial charge in [0.15, 0.2) is 0 Å². The van der Waals surface area contributed by atoms with Crippen molar-refractivity contribution in [2.24, 2.45) is 0 Å². The van der Waals surface area contributed by atoms with E-state index in [1.54, 1.807) is 12.1 Å². The molecule has 5 heteroatoms. The molecule has 0 radical (unpaired) electrons. The molecule has 1 heterocycles. The van der Waals surface area contributed by atoms with Crippen LogP contribution >= 0.6 is 11.6 Å². The predicted molar refractivity (Wildman–Crippen MR) is 56.8 cm³/mol. The Bertz CT molecular complexity index is 502. The molecule has 0 saturated heterocycles. The van der Waals surface area contributed by atoms with Gasteiger partial charge in [-0.2, -0.15) is 0 Å². The molecule has 2 rings (SSSR count). The van der Waals surface area contributed by atoms with Crippen LogP contribution in [0.4, 0.5) is 10.3 Å². The summed E-state index contributed by atoms with van der Waals surface area (Å²) in [7, 11) is 0. The Morgan fingerprint density at radius 1 is 1.33 bits per heavy atom. The van der Waals surface area contributed by atoms with E-state index in [9.17, 15) is 4.39 Å². The van der Waals surface area contributed by atoms with Crippen LogP contribution in [-0.4, -0.2) is 9.97 Å². The van der Waals surface area contributed by atoms with Gasteiger partial charge >= 0.3 is 0 Å². The van der Waals surface area contributed by atoms with Gasteiger partial charge in [0.05, 0.1) is 0 Å². The van der Waals surface area contributed by atoms with Crippen LogP contribution in [0.15, 0.2) is 30.5 Å². The fourth-order valence-electron chi connectivity index (χ4n) is 1.22. The summed E-state index contributed by atoms with van der Waals surface area (Å²) in [5, 5.41) is 0.216. The van der Waals surface area contributed by atoms with Crippen molar-refractivity contribution in [3.05, 3.63) is 41.4 Å². The summed E-state index contributed by atoms with van der Waals surface area (Å²) in [5.74, 6) is -0.236. The first-order valence-corrected chi connectivity index (χ1v) is 4.58. The molecule has 1 aromatic carbocycles.